The van der Waals surface area contributed by atoms with Crippen molar-refractivity contribution in [2.75, 3.05) is 0 Å². The molecule has 0 saturated heterocycles. The van der Waals surface area contributed by atoms with E-state index in [-0.39, 0.29) is 31.9 Å². The molecular formula is C14H28OV. The van der Waals surface area contributed by atoms with Crippen LogP contribution in [0, 0.1) is 19.8 Å². The number of rotatable bonds is 3. The van der Waals surface area contributed by atoms with Crippen molar-refractivity contribution < 1.29 is 23.4 Å². The first kappa shape index (κ1) is 21.5. The standard InChI is InChI=1S/C7H14O.C6H11.CH3.V/c1-4-5-7(8)6(2)3;1-2-4-6-5-3-1;;/h6H,4-5H2,1-3H3;1H,2-6H2;1H3;/q;2*-1;+2. The fourth-order valence-corrected chi connectivity index (χ4v) is 1.43. The predicted octanol–water partition coefficient (Wildman–Crippen LogP) is 4.61. The second kappa shape index (κ2) is 15.3. The van der Waals surface area contributed by atoms with Gasteiger partial charge in [0.15, 0.2) is 0 Å². The van der Waals surface area contributed by atoms with Gasteiger partial charge in [-0.1, -0.05) is 40.0 Å². The summed E-state index contributed by atoms with van der Waals surface area (Å²) < 4.78 is 0. The fraction of sp³-hybridized carbons (Fsp3) is 0.786. The van der Waals surface area contributed by atoms with E-state index >= 15 is 0 Å². The summed E-state index contributed by atoms with van der Waals surface area (Å²) in [7, 11) is 0. The zero-order chi connectivity index (χ0) is 10.8. The minimum atomic E-state index is 0. The van der Waals surface area contributed by atoms with Crippen LogP contribution in [-0.2, 0) is 23.4 Å². The first-order chi connectivity index (χ1) is 6.68. The summed E-state index contributed by atoms with van der Waals surface area (Å²) in [5, 5.41) is 0. The van der Waals surface area contributed by atoms with Crippen LogP contribution in [0.15, 0.2) is 0 Å². The summed E-state index contributed by atoms with van der Waals surface area (Å²) in [5.74, 6) is 0.613. The number of carbonyl (C=O) groups is 1. The Morgan fingerprint density at radius 3 is 1.81 bits per heavy atom. The van der Waals surface area contributed by atoms with Gasteiger partial charge in [0.05, 0.1) is 0 Å². The minimum absolute atomic E-state index is 0. The summed E-state index contributed by atoms with van der Waals surface area (Å²) in [6.07, 6.45) is 11.2. The minimum Gasteiger partial charge on any atom is -0.358 e. The van der Waals surface area contributed by atoms with Gasteiger partial charge >= 0.3 is 18.6 Å². The third-order valence-electron chi connectivity index (χ3n) is 2.46. The molecule has 1 saturated carbocycles. The molecule has 0 heterocycles. The van der Waals surface area contributed by atoms with Crippen molar-refractivity contribution in [3.05, 3.63) is 13.8 Å². The van der Waals surface area contributed by atoms with Gasteiger partial charge in [-0.2, -0.15) is 12.8 Å². The third-order valence-corrected chi connectivity index (χ3v) is 2.46. The van der Waals surface area contributed by atoms with Gasteiger partial charge in [0.2, 0.25) is 0 Å². The maximum absolute atomic E-state index is 10.7. The summed E-state index contributed by atoms with van der Waals surface area (Å²) in [6.45, 7) is 5.91. The van der Waals surface area contributed by atoms with Crippen LogP contribution in [0.3, 0.4) is 0 Å². The van der Waals surface area contributed by atoms with E-state index in [9.17, 15) is 4.79 Å². The Labute approximate surface area is 115 Å². The van der Waals surface area contributed by atoms with E-state index in [0.29, 0.717) is 5.78 Å². The van der Waals surface area contributed by atoms with E-state index < -0.39 is 0 Å². The Hall–Kier alpha value is 0.254. The maximum Gasteiger partial charge on any atom is 2.00 e. The molecule has 95 valence electrons. The zero-order valence-electron chi connectivity index (χ0n) is 11.5. The van der Waals surface area contributed by atoms with Crippen molar-refractivity contribution in [3.8, 4) is 0 Å². The first-order valence-corrected chi connectivity index (χ1v) is 6.02. The van der Waals surface area contributed by atoms with Crippen molar-refractivity contribution in [2.24, 2.45) is 5.92 Å². The number of hydrogen-bond acceptors (Lipinski definition) is 1. The molecule has 0 aromatic heterocycles. The number of Topliss-reactive ketones (excluding diaryl/α,β-unsaturated/α-hetero) is 1. The molecule has 0 atom stereocenters. The normalized spacial score (nSPS) is 14.0. The summed E-state index contributed by atoms with van der Waals surface area (Å²) in [6, 6.07) is 0. The smallest absolute Gasteiger partial charge is 0.358 e. The monoisotopic (exact) mass is 263 g/mol. The first-order valence-electron chi connectivity index (χ1n) is 6.02. The molecule has 0 spiro atoms. The van der Waals surface area contributed by atoms with Crippen LogP contribution in [-0.4, -0.2) is 5.78 Å². The van der Waals surface area contributed by atoms with Crippen LogP contribution >= 0.6 is 0 Å². The Morgan fingerprint density at radius 1 is 1.19 bits per heavy atom. The van der Waals surface area contributed by atoms with Gasteiger partial charge in [-0.05, 0) is 6.42 Å². The summed E-state index contributed by atoms with van der Waals surface area (Å²) in [5.41, 5.74) is 0. The second-order valence-electron chi connectivity index (χ2n) is 4.30. The van der Waals surface area contributed by atoms with Crippen molar-refractivity contribution in [1.82, 2.24) is 0 Å². The molecule has 2 heteroatoms. The van der Waals surface area contributed by atoms with E-state index in [1.807, 2.05) is 20.8 Å². The largest absolute Gasteiger partial charge is 2.00 e. The third kappa shape index (κ3) is 14.3. The van der Waals surface area contributed by atoms with Crippen LogP contribution in [0.1, 0.15) is 65.7 Å². The molecule has 1 nitrogen and oxygen atoms in total. The number of carbonyl (C=O) groups excluding carboxylic acids is 1. The van der Waals surface area contributed by atoms with E-state index in [1.165, 1.54) is 32.1 Å². The SMILES string of the molecule is CCCC(=O)C(C)C.[CH-]1CCCCC1.[CH3-].[V+2]. The Bertz CT molecular complexity index is 128. The molecule has 0 amide bonds. The molecule has 0 aromatic rings. The molecule has 1 radical (unpaired) electrons. The quantitative estimate of drug-likeness (QED) is 0.679. The molecule has 0 bridgehead atoms. The predicted molar refractivity (Wildman–Crippen MR) is 68.6 cm³/mol. The van der Waals surface area contributed by atoms with E-state index in [0.717, 1.165) is 12.8 Å². The molecule has 0 aliphatic heterocycles. The van der Waals surface area contributed by atoms with E-state index in [4.69, 9.17) is 0 Å². The van der Waals surface area contributed by atoms with Crippen LogP contribution in [0.4, 0.5) is 0 Å². The fourth-order valence-electron chi connectivity index (χ4n) is 1.43. The Kier molecular flexibility index (Phi) is 20.5. The number of ketones is 1. The topological polar surface area (TPSA) is 17.1 Å². The van der Waals surface area contributed by atoms with Crippen LogP contribution in [0.2, 0.25) is 0 Å². The van der Waals surface area contributed by atoms with Gasteiger partial charge in [0, 0.05) is 12.3 Å². The molecule has 1 aliphatic rings. The van der Waals surface area contributed by atoms with Crippen LogP contribution in [0.25, 0.3) is 0 Å². The molecule has 16 heavy (non-hydrogen) atoms. The molecule has 1 fully saturated rings. The summed E-state index contributed by atoms with van der Waals surface area (Å²) >= 11 is 0. The maximum atomic E-state index is 10.7. The van der Waals surface area contributed by atoms with Crippen molar-refractivity contribution in [1.29, 1.82) is 0 Å². The van der Waals surface area contributed by atoms with Gasteiger partial charge in [0.1, 0.15) is 5.78 Å². The van der Waals surface area contributed by atoms with Crippen LogP contribution < -0.4 is 0 Å². The van der Waals surface area contributed by atoms with Gasteiger partial charge in [-0.3, -0.25) is 4.79 Å². The van der Waals surface area contributed by atoms with E-state index in [2.05, 4.69) is 6.42 Å². The van der Waals surface area contributed by atoms with E-state index in [1.54, 1.807) is 0 Å². The Morgan fingerprint density at radius 2 is 1.69 bits per heavy atom. The van der Waals surface area contributed by atoms with Gasteiger partial charge in [0.25, 0.3) is 0 Å². The van der Waals surface area contributed by atoms with Crippen LogP contribution in [0.5, 0.6) is 0 Å². The van der Waals surface area contributed by atoms with Crippen molar-refractivity contribution in [3.63, 3.8) is 0 Å². The average molecular weight is 263 g/mol. The molecule has 0 unspecified atom stereocenters. The molecule has 0 aromatic carbocycles. The Balaban J connectivity index is -0.000000192. The number of hydrogen-bond donors (Lipinski definition) is 0. The molecule has 1 aliphatic carbocycles. The molecule has 1 rings (SSSR count). The van der Waals surface area contributed by atoms with Gasteiger partial charge in [-0.15, -0.1) is 0 Å². The summed E-state index contributed by atoms with van der Waals surface area (Å²) in [4.78, 5) is 10.7. The second-order valence-corrected chi connectivity index (χ2v) is 4.30. The van der Waals surface area contributed by atoms with Crippen molar-refractivity contribution >= 4 is 5.78 Å². The average Bonchev–Trinajstić information content (AvgIpc) is 2.21. The molecular weight excluding hydrogens is 235 g/mol. The van der Waals surface area contributed by atoms with Crippen molar-refractivity contribution in [2.45, 2.75) is 65.7 Å². The van der Waals surface area contributed by atoms with Gasteiger partial charge in [-0.25, -0.2) is 0 Å². The van der Waals surface area contributed by atoms with Gasteiger partial charge < -0.3 is 13.8 Å². The molecule has 0 N–H and O–H groups in total. The zero-order valence-corrected chi connectivity index (χ0v) is 12.9.